The Balaban J connectivity index is 1.56. The second kappa shape index (κ2) is 7.60. The fourth-order valence-electron chi connectivity index (χ4n) is 5.43. The predicted molar refractivity (Wildman–Crippen MR) is 133 cm³/mol. The third kappa shape index (κ3) is 3.03. The van der Waals surface area contributed by atoms with E-state index in [2.05, 4.69) is 12.1 Å². The molecule has 0 fully saturated rings. The molecule has 7 rings (SSSR count). The van der Waals surface area contributed by atoms with Gasteiger partial charge in [-0.05, 0) is 36.8 Å². The molecule has 3 aromatic carbocycles. The predicted octanol–water partition coefficient (Wildman–Crippen LogP) is 5.49. The molecular formula is C29H22N2O4. The standard InChI is InChI=1S/C29H22N2O4/c1-17-14-23(32)35-28-21(17)12-13-22-25(28)24-19(15-33-22)16-34-29-26(24)27(18-8-4-2-5-9-18)30-31(29)20-10-6-3-7-11-20/h2-14,19,24H,15-16H2,1H3. The fourth-order valence-corrected chi connectivity index (χ4v) is 5.43. The molecular weight excluding hydrogens is 440 g/mol. The van der Waals surface area contributed by atoms with Crippen LogP contribution >= 0.6 is 0 Å². The van der Waals surface area contributed by atoms with Gasteiger partial charge in [0.15, 0.2) is 0 Å². The monoisotopic (exact) mass is 462 g/mol. The van der Waals surface area contributed by atoms with Gasteiger partial charge in [-0.25, -0.2) is 9.48 Å². The Morgan fingerprint density at radius 1 is 0.886 bits per heavy atom. The summed E-state index contributed by atoms with van der Waals surface area (Å²) in [4.78, 5) is 12.4. The van der Waals surface area contributed by atoms with Crippen LogP contribution in [0.5, 0.6) is 11.6 Å². The Morgan fingerprint density at radius 3 is 2.43 bits per heavy atom. The lowest BCUT2D eigenvalue weighted by molar-refractivity contribution is 0.121. The van der Waals surface area contributed by atoms with E-state index in [1.54, 1.807) is 0 Å². The van der Waals surface area contributed by atoms with Gasteiger partial charge in [0.05, 0.1) is 24.5 Å². The molecule has 2 aliphatic heterocycles. The van der Waals surface area contributed by atoms with Crippen molar-refractivity contribution in [3.63, 3.8) is 0 Å². The van der Waals surface area contributed by atoms with E-state index >= 15 is 0 Å². The molecule has 0 amide bonds. The molecule has 2 aromatic heterocycles. The molecule has 2 unspecified atom stereocenters. The Labute approximate surface area is 201 Å². The number of aryl methyl sites for hydroxylation is 1. The number of ether oxygens (including phenoxy) is 2. The van der Waals surface area contributed by atoms with E-state index in [0.29, 0.717) is 18.8 Å². The van der Waals surface area contributed by atoms with Crippen LogP contribution < -0.4 is 15.1 Å². The van der Waals surface area contributed by atoms with Crippen molar-refractivity contribution in [3.05, 3.63) is 106 Å². The van der Waals surface area contributed by atoms with Crippen LogP contribution in [0.25, 0.3) is 27.9 Å². The average Bonchev–Trinajstić information content (AvgIpc) is 3.29. The van der Waals surface area contributed by atoms with Crippen LogP contribution in [0.15, 0.2) is 88.1 Å². The molecule has 0 radical (unpaired) electrons. The van der Waals surface area contributed by atoms with Gasteiger partial charge < -0.3 is 13.9 Å². The van der Waals surface area contributed by atoms with Gasteiger partial charge in [0.2, 0.25) is 5.88 Å². The number of hydrogen-bond donors (Lipinski definition) is 0. The zero-order valence-electron chi connectivity index (χ0n) is 19.1. The van der Waals surface area contributed by atoms with Crippen LogP contribution in [0.1, 0.15) is 22.6 Å². The van der Waals surface area contributed by atoms with Crippen LogP contribution in [-0.4, -0.2) is 23.0 Å². The van der Waals surface area contributed by atoms with Crippen LogP contribution in [0.4, 0.5) is 0 Å². The van der Waals surface area contributed by atoms with E-state index in [0.717, 1.165) is 50.7 Å². The Hall–Kier alpha value is -4.32. The van der Waals surface area contributed by atoms with Crippen molar-refractivity contribution < 1.29 is 13.9 Å². The first-order chi connectivity index (χ1) is 17.2. The Kier molecular flexibility index (Phi) is 4.36. The van der Waals surface area contributed by atoms with Gasteiger partial charge in [-0.1, -0.05) is 48.5 Å². The summed E-state index contributed by atoms with van der Waals surface area (Å²) in [6, 6.07) is 25.7. The summed E-state index contributed by atoms with van der Waals surface area (Å²) in [5.74, 6) is 1.43. The molecule has 0 bridgehead atoms. The highest BCUT2D eigenvalue weighted by molar-refractivity contribution is 5.87. The topological polar surface area (TPSA) is 66.5 Å². The molecule has 4 heterocycles. The molecule has 0 N–H and O–H groups in total. The first-order valence-corrected chi connectivity index (χ1v) is 11.8. The summed E-state index contributed by atoms with van der Waals surface area (Å²) in [6.07, 6.45) is 0. The molecule has 0 saturated heterocycles. The molecule has 2 aliphatic rings. The van der Waals surface area contributed by atoms with Gasteiger partial charge in [-0.3, -0.25) is 0 Å². The van der Waals surface area contributed by atoms with E-state index in [4.69, 9.17) is 19.0 Å². The maximum absolute atomic E-state index is 12.4. The number of rotatable bonds is 2. The summed E-state index contributed by atoms with van der Waals surface area (Å²) >= 11 is 0. The molecule has 0 aliphatic carbocycles. The van der Waals surface area contributed by atoms with Crippen LogP contribution in [0, 0.1) is 12.8 Å². The van der Waals surface area contributed by atoms with Gasteiger partial charge >= 0.3 is 5.63 Å². The van der Waals surface area contributed by atoms with Crippen molar-refractivity contribution in [3.8, 4) is 28.6 Å². The second-order valence-corrected chi connectivity index (χ2v) is 9.14. The largest absolute Gasteiger partial charge is 0.493 e. The quantitative estimate of drug-likeness (QED) is 0.325. The van der Waals surface area contributed by atoms with Crippen molar-refractivity contribution in [2.24, 2.45) is 5.92 Å². The van der Waals surface area contributed by atoms with Crippen LogP contribution in [0.3, 0.4) is 0 Å². The third-order valence-corrected chi connectivity index (χ3v) is 7.02. The molecule has 35 heavy (non-hydrogen) atoms. The lowest BCUT2D eigenvalue weighted by Gasteiger charge is -2.37. The van der Waals surface area contributed by atoms with Gasteiger partial charge in [-0.15, -0.1) is 0 Å². The summed E-state index contributed by atoms with van der Waals surface area (Å²) in [5.41, 5.74) is 5.80. The van der Waals surface area contributed by atoms with E-state index in [-0.39, 0.29) is 17.5 Å². The molecule has 172 valence electrons. The maximum atomic E-state index is 12.4. The number of benzene rings is 3. The molecule has 0 spiro atoms. The lowest BCUT2D eigenvalue weighted by Crippen LogP contribution is -2.35. The Morgan fingerprint density at radius 2 is 1.63 bits per heavy atom. The number of fused-ring (bicyclic) bond motifs is 7. The first kappa shape index (κ1) is 20.1. The lowest BCUT2D eigenvalue weighted by atomic mass is 9.76. The fraction of sp³-hybridized carbons (Fsp3) is 0.172. The molecule has 6 nitrogen and oxygen atoms in total. The number of hydrogen-bond acceptors (Lipinski definition) is 5. The highest BCUT2D eigenvalue weighted by atomic mass is 16.5. The smallest absolute Gasteiger partial charge is 0.336 e. The molecule has 0 saturated carbocycles. The van der Waals surface area contributed by atoms with E-state index in [9.17, 15) is 4.79 Å². The molecule has 5 aromatic rings. The van der Waals surface area contributed by atoms with Gasteiger partial charge in [0.1, 0.15) is 17.0 Å². The molecule has 2 atom stereocenters. The zero-order valence-corrected chi connectivity index (χ0v) is 19.1. The van der Waals surface area contributed by atoms with Crippen LogP contribution in [-0.2, 0) is 0 Å². The van der Waals surface area contributed by atoms with Crippen molar-refractivity contribution in [1.82, 2.24) is 9.78 Å². The van der Waals surface area contributed by atoms with Crippen molar-refractivity contribution in [2.75, 3.05) is 13.2 Å². The highest BCUT2D eigenvalue weighted by Gasteiger charge is 2.44. The normalized spacial score (nSPS) is 18.2. The van der Waals surface area contributed by atoms with E-state index in [1.165, 1.54) is 6.07 Å². The number of aromatic nitrogens is 2. The summed E-state index contributed by atoms with van der Waals surface area (Å²) < 4.78 is 20.3. The van der Waals surface area contributed by atoms with E-state index in [1.807, 2.05) is 72.3 Å². The van der Waals surface area contributed by atoms with Crippen molar-refractivity contribution in [1.29, 1.82) is 0 Å². The summed E-state index contributed by atoms with van der Waals surface area (Å²) in [6.45, 7) is 2.94. The minimum absolute atomic E-state index is 0.0577. The SMILES string of the molecule is Cc1cc(=O)oc2c3c(ccc12)OCC1COc2c(c(-c4ccccc4)nn2-c2ccccc2)C31. The second-order valence-electron chi connectivity index (χ2n) is 9.14. The average molecular weight is 463 g/mol. The minimum atomic E-state index is -0.360. The zero-order chi connectivity index (χ0) is 23.5. The maximum Gasteiger partial charge on any atom is 0.336 e. The third-order valence-electron chi connectivity index (χ3n) is 7.02. The van der Waals surface area contributed by atoms with Crippen LogP contribution in [0.2, 0.25) is 0 Å². The highest BCUT2D eigenvalue weighted by Crippen LogP contribution is 2.53. The Bertz CT molecular complexity index is 1640. The number of para-hydroxylation sites is 1. The van der Waals surface area contributed by atoms with Gasteiger partial charge in [0.25, 0.3) is 0 Å². The van der Waals surface area contributed by atoms with Gasteiger partial charge in [0, 0.05) is 34.4 Å². The molecule has 6 heteroatoms. The van der Waals surface area contributed by atoms with Crippen molar-refractivity contribution >= 4 is 11.0 Å². The van der Waals surface area contributed by atoms with Crippen molar-refractivity contribution in [2.45, 2.75) is 12.8 Å². The minimum Gasteiger partial charge on any atom is -0.493 e. The first-order valence-electron chi connectivity index (χ1n) is 11.8. The summed E-state index contributed by atoms with van der Waals surface area (Å²) in [7, 11) is 0. The summed E-state index contributed by atoms with van der Waals surface area (Å²) in [5, 5.41) is 5.98. The van der Waals surface area contributed by atoms with E-state index < -0.39 is 0 Å². The number of nitrogens with zero attached hydrogens (tertiary/aromatic N) is 2. The van der Waals surface area contributed by atoms with Gasteiger partial charge in [-0.2, -0.15) is 5.10 Å².